The number of methoxy groups -OCH3 is 2. The van der Waals surface area contributed by atoms with E-state index in [1.807, 2.05) is 46.2 Å². The van der Waals surface area contributed by atoms with Crippen LogP contribution in [0.2, 0.25) is 0 Å². The molecule has 2 aromatic rings. The van der Waals surface area contributed by atoms with Gasteiger partial charge in [-0.25, -0.2) is 4.79 Å². The van der Waals surface area contributed by atoms with Crippen molar-refractivity contribution in [2.24, 2.45) is 0 Å². The molecule has 2 fully saturated rings. The molecule has 1 aliphatic heterocycles. The topological polar surface area (TPSA) is 92.4 Å². The number of nitrogens with one attached hydrogen (secondary N) is 2. The maximum absolute atomic E-state index is 13.7. The summed E-state index contributed by atoms with van der Waals surface area (Å²) >= 11 is 0. The van der Waals surface area contributed by atoms with Gasteiger partial charge in [-0.2, -0.15) is 0 Å². The Morgan fingerprint density at radius 3 is 2.37 bits per heavy atom. The zero-order chi connectivity index (χ0) is 29.2. The van der Waals surface area contributed by atoms with Gasteiger partial charge in [0.1, 0.15) is 0 Å². The van der Waals surface area contributed by atoms with Gasteiger partial charge in [0.25, 0.3) is 5.91 Å². The Labute approximate surface area is 244 Å². The van der Waals surface area contributed by atoms with Gasteiger partial charge in [-0.3, -0.25) is 4.79 Å². The Hall–Kier alpha value is -3.30. The molecule has 41 heavy (non-hydrogen) atoms. The van der Waals surface area contributed by atoms with Crippen LogP contribution in [0, 0.1) is 0 Å². The van der Waals surface area contributed by atoms with Gasteiger partial charge in [-0.1, -0.05) is 18.2 Å². The molecule has 0 aromatic heterocycles. The number of hydrogen-bond donors (Lipinski definition) is 2. The van der Waals surface area contributed by atoms with Gasteiger partial charge in [0, 0.05) is 68.6 Å². The average molecular weight is 567 g/mol. The zero-order valence-corrected chi connectivity index (χ0v) is 24.9. The highest BCUT2D eigenvalue weighted by Gasteiger charge is 2.35. The number of nitrogens with zero attached hydrogens (tertiary/aromatic N) is 2. The number of hydrogen-bond acceptors (Lipinski definition) is 6. The van der Waals surface area contributed by atoms with E-state index < -0.39 is 0 Å². The standard InChI is InChI=1S/C32H46N4O5/c1-23(2)36(31(37)24-11-16-29(40-4)30(21-24)41-20-8-19-39-3)28-13-12-25(33-22-28)17-18-35(27-14-15-27)32(38)34-26-9-6-5-7-10-26/h5-7,9-11,16,21,23,25,27-28,33H,8,12-15,17-20,22H2,1-4H3,(H,34,38). The fraction of sp³-hybridized carbons (Fsp3) is 0.562. The minimum absolute atomic E-state index is 0.00728. The lowest BCUT2D eigenvalue weighted by Crippen LogP contribution is -2.54. The van der Waals surface area contributed by atoms with Crippen LogP contribution in [0.15, 0.2) is 48.5 Å². The summed E-state index contributed by atoms with van der Waals surface area (Å²) < 4.78 is 16.5. The molecule has 1 heterocycles. The number of anilines is 1. The Morgan fingerprint density at radius 1 is 0.976 bits per heavy atom. The number of rotatable bonds is 14. The Balaban J connectivity index is 1.32. The highest BCUT2D eigenvalue weighted by atomic mass is 16.5. The van der Waals surface area contributed by atoms with E-state index in [1.54, 1.807) is 26.4 Å². The van der Waals surface area contributed by atoms with Gasteiger partial charge in [0.2, 0.25) is 0 Å². The maximum atomic E-state index is 13.7. The molecule has 9 nitrogen and oxygen atoms in total. The van der Waals surface area contributed by atoms with E-state index in [-0.39, 0.29) is 24.0 Å². The Morgan fingerprint density at radius 2 is 1.73 bits per heavy atom. The number of benzene rings is 2. The summed E-state index contributed by atoms with van der Waals surface area (Å²) in [5.74, 6) is 1.17. The number of urea groups is 1. The minimum Gasteiger partial charge on any atom is -0.493 e. The zero-order valence-electron chi connectivity index (χ0n) is 24.9. The molecule has 2 aromatic carbocycles. The molecule has 1 aliphatic carbocycles. The largest absolute Gasteiger partial charge is 0.493 e. The van der Waals surface area contributed by atoms with Crippen molar-refractivity contribution in [2.75, 3.05) is 45.8 Å². The van der Waals surface area contributed by atoms with Gasteiger partial charge in [-0.15, -0.1) is 0 Å². The molecule has 2 aliphatic rings. The summed E-state index contributed by atoms with van der Waals surface area (Å²) in [5.41, 5.74) is 1.41. The van der Waals surface area contributed by atoms with Gasteiger partial charge >= 0.3 is 6.03 Å². The van der Waals surface area contributed by atoms with E-state index in [4.69, 9.17) is 14.2 Å². The number of ether oxygens (including phenoxy) is 3. The summed E-state index contributed by atoms with van der Waals surface area (Å²) in [6.45, 7) is 6.66. The molecule has 224 valence electrons. The van der Waals surface area contributed by atoms with Crippen LogP contribution in [0.4, 0.5) is 10.5 Å². The minimum atomic E-state index is -0.0227. The monoisotopic (exact) mass is 566 g/mol. The van der Waals surface area contributed by atoms with E-state index in [0.717, 1.165) is 57.3 Å². The lowest BCUT2D eigenvalue weighted by molar-refractivity contribution is 0.0550. The number of para-hydroxylation sites is 1. The third-order valence-electron chi connectivity index (χ3n) is 7.83. The SMILES string of the molecule is COCCCOc1cc(C(=O)N(C(C)C)C2CCC(CCN(C(=O)Nc3ccccc3)C3CC3)NC2)ccc1OC. The molecule has 4 rings (SSSR count). The number of piperidine rings is 1. The van der Waals surface area contributed by atoms with Crippen LogP contribution in [0.1, 0.15) is 62.7 Å². The molecule has 2 unspecified atom stereocenters. The number of amides is 3. The van der Waals surface area contributed by atoms with Crippen molar-refractivity contribution in [1.29, 1.82) is 0 Å². The fourth-order valence-corrected chi connectivity index (χ4v) is 5.51. The van der Waals surface area contributed by atoms with Crippen molar-refractivity contribution >= 4 is 17.6 Å². The first kappa shape index (κ1) is 30.7. The van der Waals surface area contributed by atoms with Crippen LogP contribution in [0.5, 0.6) is 11.5 Å². The van der Waals surface area contributed by atoms with Crippen molar-refractivity contribution < 1.29 is 23.8 Å². The second kappa shape index (κ2) is 15.1. The normalized spacial score (nSPS) is 18.6. The third-order valence-corrected chi connectivity index (χ3v) is 7.83. The predicted octanol–water partition coefficient (Wildman–Crippen LogP) is 5.17. The third kappa shape index (κ3) is 8.60. The van der Waals surface area contributed by atoms with E-state index >= 15 is 0 Å². The van der Waals surface area contributed by atoms with Crippen molar-refractivity contribution in [2.45, 2.75) is 76.5 Å². The van der Waals surface area contributed by atoms with Crippen molar-refractivity contribution in [3.05, 3.63) is 54.1 Å². The Bertz CT molecular complexity index is 1120. The first-order chi connectivity index (χ1) is 19.9. The van der Waals surface area contributed by atoms with Gasteiger partial charge in [-0.05, 0) is 76.3 Å². The lowest BCUT2D eigenvalue weighted by Gasteiger charge is -2.40. The number of carbonyl (C=O) groups excluding carboxylic acids is 2. The highest BCUT2D eigenvalue weighted by Crippen LogP contribution is 2.31. The first-order valence-electron chi connectivity index (χ1n) is 14.9. The van der Waals surface area contributed by atoms with Crippen molar-refractivity contribution in [3.8, 4) is 11.5 Å². The summed E-state index contributed by atoms with van der Waals surface area (Å²) in [5, 5.41) is 6.72. The second-order valence-corrected chi connectivity index (χ2v) is 11.2. The smallest absolute Gasteiger partial charge is 0.322 e. The van der Waals surface area contributed by atoms with Crippen molar-refractivity contribution in [1.82, 2.24) is 15.1 Å². The van der Waals surface area contributed by atoms with E-state index in [9.17, 15) is 9.59 Å². The molecule has 2 N–H and O–H groups in total. The van der Waals surface area contributed by atoms with Gasteiger partial charge < -0.3 is 34.6 Å². The molecular weight excluding hydrogens is 520 g/mol. The van der Waals surface area contributed by atoms with Gasteiger partial charge in [0.15, 0.2) is 11.5 Å². The summed E-state index contributed by atoms with van der Waals surface area (Å²) in [4.78, 5) is 30.7. The summed E-state index contributed by atoms with van der Waals surface area (Å²) in [7, 11) is 3.26. The fourth-order valence-electron chi connectivity index (χ4n) is 5.51. The molecule has 0 radical (unpaired) electrons. The van der Waals surface area contributed by atoms with E-state index in [0.29, 0.717) is 42.4 Å². The molecule has 0 bridgehead atoms. The molecule has 9 heteroatoms. The average Bonchev–Trinajstić information content (AvgIpc) is 3.82. The molecule has 1 saturated carbocycles. The van der Waals surface area contributed by atoms with Crippen LogP contribution in [-0.2, 0) is 4.74 Å². The first-order valence-corrected chi connectivity index (χ1v) is 14.9. The summed E-state index contributed by atoms with van der Waals surface area (Å²) in [6.07, 6.45) is 5.65. The molecule has 1 saturated heterocycles. The number of carbonyl (C=O) groups is 2. The van der Waals surface area contributed by atoms with Gasteiger partial charge in [0.05, 0.1) is 13.7 Å². The van der Waals surface area contributed by atoms with Crippen LogP contribution >= 0.6 is 0 Å². The molecule has 0 spiro atoms. The molecule has 2 atom stereocenters. The van der Waals surface area contributed by atoms with Crippen LogP contribution in [-0.4, -0.2) is 86.4 Å². The molecular formula is C32H46N4O5. The highest BCUT2D eigenvalue weighted by molar-refractivity contribution is 5.95. The van der Waals surface area contributed by atoms with E-state index in [2.05, 4.69) is 24.5 Å². The molecule has 3 amide bonds. The quantitative estimate of drug-likeness (QED) is 0.307. The van der Waals surface area contributed by atoms with Crippen LogP contribution in [0.25, 0.3) is 0 Å². The van der Waals surface area contributed by atoms with Crippen molar-refractivity contribution in [3.63, 3.8) is 0 Å². The Kier molecular flexibility index (Phi) is 11.3. The second-order valence-electron chi connectivity index (χ2n) is 11.2. The summed E-state index contributed by atoms with van der Waals surface area (Å²) in [6, 6.07) is 15.8. The predicted molar refractivity (Wildman–Crippen MR) is 161 cm³/mol. The van der Waals surface area contributed by atoms with Crippen LogP contribution < -0.4 is 20.1 Å². The lowest BCUT2D eigenvalue weighted by atomic mass is 9.95. The van der Waals surface area contributed by atoms with Crippen LogP contribution in [0.3, 0.4) is 0 Å². The maximum Gasteiger partial charge on any atom is 0.322 e. The van der Waals surface area contributed by atoms with E-state index in [1.165, 1.54) is 0 Å².